The second-order valence-electron chi connectivity index (χ2n) is 13.5. The number of rotatable bonds is 9. The van der Waals surface area contributed by atoms with Gasteiger partial charge >= 0.3 is 5.97 Å². The third kappa shape index (κ3) is 8.08. The van der Waals surface area contributed by atoms with Crippen molar-refractivity contribution in [1.29, 1.82) is 0 Å². The van der Waals surface area contributed by atoms with Gasteiger partial charge in [0.1, 0.15) is 83.2 Å². The van der Waals surface area contributed by atoms with Crippen molar-refractivity contribution in [1.82, 2.24) is 0 Å². The Bertz CT molecular complexity index is 1880. The highest BCUT2D eigenvalue weighted by atomic mass is 16.8. The maximum absolute atomic E-state index is 13.8. The van der Waals surface area contributed by atoms with Gasteiger partial charge in [0.05, 0.1) is 18.8 Å². The second kappa shape index (κ2) is 16.1. The predicted octanol–water partition coefficient (Wildman–Crippen LogP) is -1.97. The van der Waals surface area contributed by atoms with E-state index in [-0.39, 0.29) is 22.7 Å². The lowest BCUT2D eigenvalue weighted by molar-refractivity contribution is -0.359. The highest BCUT2D eigenvalue weighted by Gasteiger charge is 2.52. The average Bonchev–Trinajstić information content (AvgIpc) is 3.13. The number of aliphatic hydroxyl groups is 7. The van der Waals surface area contributed by atoms with Crippen LogP contribution >= 0.6 is 0 Å². The fourth-order valence-corrected chi connectivity index (χ4v) is 6.55. The van der Waals surface area contributed by atoms with E-state index in [0.29, 0.717) is 0 Å². The van der Waals surface area contributed by atoms with Crippen LogP contribution in [0.3, 0.4) is 0 Å². The van der Waals surface area contributed by atoms with E-state index in [0.717, 1.165) is 19.1 Å². The Hall–Kier alpha value is -4.16. The van der Waals surface area contributed by atoms with Crippen molar-refractivity contribution in [2.75, 3.05) is 6.61 Å². The van der Waals surface area contributed by atoms with Crippen LogP contribution in [0.4, 0.5) is 0 Å². The zero-order valence-corrected chi connectivity index (χ0v) is 29.4. The highest BCUT2D eigenvalue weighted by Crippen LogP contribution is 2.38. The molecule has 1 aromatic heterocycles. The summed E-state index contributed by atoms with van der Waals surface area (Å²) in [6.45, 7) is 3.26. The topological polar surface area (TPSA) is 314 Å². The van der Waals surface area contributed by atoms with Crippen molar-refractivity contribution in [2.24, 2.45) is 0 Å². The van der Waals surface area contributed by atoms with Gasteiger partial charge in [-0.15, -0.1) is 0 Å². The van der Waals surface area contributed by atoms with E-state index in [2.05, 4.69) is 0 Å². The summed E-state index contributed by atoms with van der Waals surface area (Å²) in [6, 6.07) is 7.20. The molecule has 20 nitrogen and oxygen atoms in total. The predicted molar refractivity (Wildman–Crippen MR) is 179 cm³/mol. The molecule has 0 radical (unpaired) electrons. The molecule has 55 heavy (non-hydrogen) atoms. The van der Waals surface area contributed by atoms with Crippen LogP contribution in [0.25, 0.3) is 22.3 Å². The van der Waals surface area contributed by atoms with Gasteiger partial charge in [0, 0.05) is 24.6 Å². The molecule has 3 aromatic rings. The highest BCUT2D eigenvalue weighted by molar-refractivity contribution is 5.88. The number of carbonyl (C=O) groups excluding carboxylic acids is 1. The summed E-state index contributed by atoms with van der Waals surface area (Å²) in [4.78, 5) is 25.7. The number of phenols is 3. The molecule has 3 saturated heterocycles. The Morgan fingerprint density at radius 2 is 1.35 bits per heavy atom. The summed E-state index contributed by atoms with van der Waals surface area (Å²) in [7, 11) is 0. The number of aliphatic hydroxyl groups excluding tert-OH is 7. The van der Waals surface area contributed by atoms with Gasteiger partial charge in [-0.3, -0.25) is 9.59 Å². The van der Waals surface area contributed by atoms with Crippen molar-refractivity contribution >= 4 is 16.9 Å². The van der Waals surface area contributed by atoms with Crippen LogP contribution < -0.4 is 10.2 Å². The zero-order chi connectivity index (χ0) is 40.0. The van der Waals surface area contributed by atoms with Gasteiger partial charge in [-0.2, -0.15) is 0 Å². The molecule has 3 aliphatic rings. The standard InChI is InChI=1S/C35H42O20/c1-11-21(40)24(43)26(45)34(49-11)55-32-28(47)33(50-12(2)29(32)51-13(3)36)48-10-19-22(41)25(44)27(46)35(53-19)54-31-23(42)20-17(39)8-16(38)9-18(20)52-30(31)14-4-6-15(37)7-5-14/h4-9,11-12,19,21-22,24-29,32-35,37-41,43-47H,10H2,1-3H3/t11?,12?,19?,21-,22+,24?,25-,26-,27?,28-,29-,32?,33+,34-,35-/m0/s1. The Morgan fingerprint density at radius 3 is 2.02 bits per heavy atom. The summed E-state index contributed by atoms with van der Waals surface area (Å²) in [5.41, 5.74) is -1.08. The fraction of sp³-hybridized carbons (Fsp3) is 0.543. The molecule has 3 aliphatic heterocycles. The SMILES string of the molecule is CC(=O)O[C@H]1C(C)O[C@@H](OCC2O[C@@H](Oc3c(-c4ccc(O)cc4)oc4cc(O)cc(O)c4c3=O)C(O)[C@@H](O)[C@@H]2O)[C@@H](O)C1O[C@@H]1OC(C)[C@H](O)C(O)[C@@H]1O. The number of benzene rings is 2. The number of esters is 1. The molecule has 0 saturated carbocycles. The first-order valence-electron chi connectivity index (χ1n) is 17.1. The van der Waals surface area contributed by atoms with Crippen molar-refractivity contribution < 1.29 is 93.4 Å². The summed E-state index contributed by atoms with van der Waals surface area (Å²) in [5.74, 6) is -2.96. The lowest BCUT2D eigenvalue weighted by atomic mass is 9.97. The summed E-state index contributed by atoms with van der Waals surface area (Å²) in [5, 5.41) is 105. The minimum Gasteiger partial charge on any atom is -0.508 e. The summed E-state index contributed by atoms with van der Waals surface area (Å²) < 4.78 is 45.5. The lowest BCUT2D eigenvalue weighted by Gasteiger charge is -2.46. The van der Waals surface area contributed by atoms with Crippen LogP contribution in [0, 0.1) is 0 Å². The summed E-state index contributed by atoms with van der Waals surface area (Å²) in [6.07, 6.45) is -24.2. The quantitative estimate of drug-likeness (QED) is 0.105. The van der Waals surface area contributed by atoms with E-state index in [1.807, 2.05) is 0 Å². The number of ether oxygens (including phenoxy) is 7. The maximum Gasteiger partial charge on any atom is 0.303 e. The smallest absolute Gasteiger partial charge is 0.303 e. The Labute approximate surface area is 310 Å². The third-order valence-corrected chi connectivity index (χ3v) is 9.53. The maximum atomic E-state index is 13.8. The Kier molecular flexibility index (Phi) is 11.9. The first kappa shape index (κ1) is 40.5. The van der Waals surface area contributed by atoms with E-state index in [1.165, 1.54) is 38.1 Å². The lowest BCUT2D eigenvalue weighted by Crippen LogP contribution is -2.64. The molecule has 20 heteroatoms. The van der Waals surface area contributed by atoms with E-state index in [4.69, 9.17) is 37.6 Å². The van der Waals surface area contributed by atoms with Gasteiger partial charge < -0.3 is 88.6 Å². The molecule has 15 atom stereocenters. The first-order valence-corrected chi connectivity index (χ1v) is 17.1. The monoisotopic (exact) mass is 782 g/mol. The first-order chi connectivity index (χ1) is 26.0. The van der Waals surface area contributed by atoms with Crippen LogP contribution in [-0.2, 0) is 33.2 Å². The van der Waals surface area contributed by atoms with Crippen molar-refractivity contribution in [3.8, 4) is 34.3 Å². The third-order valence-electron chi connectivity index (χ3n) is 9.53. The molecule has 0 spiro atoms. The van der Waals surface area contributed by atoms with Crippen LogP contribution in [-0.4, -0.2) is 156 Å². The van der Waals surface area contributed by atoms with Crippen LogP contribution in [0.1, 0.15) is 20.8 Å². The van der Waals surface area contributed by atoms with Crippen LogP contribution in [0.5, 0.6) is 23.0 Å². The van der Waals surface area contributed by atoms with Gasteiger partial charge in [-0.05, 0) is 38.1 Å². The average molecular weight is 783 g/mol. The molecule has 10 N–H and O–H groups in total. The number of aromatic hydroxyl groups is 3. The van der Waals surface area contributed by atoms with E-state index >= 15 is 0 Å². The molecule has 6 unspecified atom stereocenters. The van der Waals surface area contributed by atoms with Crippen molar-refractivity contribution in [2.45, 2.75) is 113 Å². The number of hydrogen-bond acceptors (Lipinski definition) is 20. The second-order valence-corrected chi connectivity index (χ2v) is 13.5. The zero-order valence-electron chi connectivity index (χ0n) is 29.4. The van der Waals surface area contributed by atoms with Crippen molar-refractivity contribution in [3.63, 3.8) is 0 Å². The molecule has 0 bridgehead atoms. The molecule has 4 heterocycles. The Balaban J connectivity index is 1.24. The van der Waals surface area contributed by atoms with E-state index in [9.17, 15) is 60.7 Å². The van der Waals surface area contributed by atoms with Gasteiger partial charge in [0.15, 0.2) is 24.4 Å². The van der Waals surface area contributed by atoms with Gasteiger partial charge in [0.2, 0.25) is 17.5 Å². The molecular formula is C35H42O20. The van der Waals surface area contributed by atoms with Crippen LogP contribution in [0.15, 0.2) is 45.6 Å². The largest absolute Gasteiger partial charge is 0.508 e. The molecule has 6 rings (SSSR count). The van der Waals surface area contributed by atoms with Gasteiger partial charge in [-0.25, -0.2) is 0 Å². The van der Waals surface area contributed by atoms with E-state index in [1.54, 1.807) is 0 Å². The number of carbonyl (C=O) groups is 1. The molecule has 0 amide bonds. The van der Waals surface area contributed by atoms with E-state index < -0.39 is 133 Å². The minimum atomic E-state index is -2.00. The molecule has 3 fully saturated rings. The number of hydrogen-bond donors (Lipinski definition) is 10. The molecule has 302 valence electrons. The van der Waals surface area contributed by atoms with Crippen molar-refractivity contribution in [3.05, 3.63) is 46.6 Å². The number of phenolic OH excluding ortho intramolecular Hbond substituents is 3. The minimum absolute atomic E-state index is 0.134. The molecular weight excluding hydrogens is 740 g/mol. The fourth-order valence-electron chi connectivity index (χ4n) is 6.55. The van der Waals surface area contributed by atoms with Gasteiger partial charge in [-0.1, -0.05) is 0 Å². The normalized spacial score (nSPS) is 36.7. The Morgan fingerprint density at radius 1 is 0.709 bits per heavy atom. The molecule has 0 aliphatic carbocycles. The van der Waals surface area contributed by atoms with Gasteiger partial charge in [0.25, 0.3) is 0 Å². The summed E-state index contributed by atoms with van der Waals surface area (Å²) >= 11 is 0. The number of fused-ring (bicyclic) bond motifs is 1. The van der Waals surface area contributed by atoms with Crippen LogP contribution in [0.2, 0.25) is 0 Å². The molecule has 2 aromatic carbocycles.